The third-order valence-electron chi connectivity index (χ3n) is 5.24. The summed E-state index contributed by atoms with van der Waals surface area (Å²) in [5, 5.41) is 6.32. The highest BCUT2D eigenvalue weighted by molar-refractivity contribution is 5.94. The van der Waals surface area contributed by atoms with Crippen LogP contribution in [0.1, 0.15) is 49.0 Å². The number of carbonyl (C=O) groups is 1. The largest absolute Gasteiger partial charge is 0.375 e. The summed E-state index contributed by atoms with van der Waals surface area (Å²) >= 11 is 0. The predicted octanol–water partition coefficient (Wildman–Crippen LogP) is 2.17. The monoisotopic (exact) mass is 402 g/mol. The lowest BCUT2D eigenvalue weighted by Crippen LogP contribution is -2.53. The van der Waals surface area contributed by atoms with Crippen LogP contribution in [-0.4, -0.2) is 68.4 Å². The van der Waals surface area contributed by atoms with Crippen molar-refractivity contribution in [2.75, 3.05) is 39.4 Å². The van der Waals surface area contributed by atoms with Crippen LogP contribution in [0.5, 0.6) is 0 Å². The summed E-state index contributed by atoms with van der Waals surface area (Å²) in [6.45, 7) is 9.26. The molecule has 2 fully saturated rings. The van der Waals surface area contributed by atoms with E-state index in [-0.39, 0.29) is 18.1 Å². The van der Waals surface area contributed by atoms with E-state index in [4.69, 9.17) is 14.5 Å². The third kappa shape index (κ3) is 6.18. The minimum absolute atomic E-state index is 0.0304. The molecule has 0 saturated carbocycles. The number of benzene rings is 1. The van der Waals surface area contributed by atoms with Crippen molar-refractivity contribution in [1.82, 2.24) is 15.5 Å². The molecule has 0 spiro atoms. The second kappa shape index (κ2) is 11.2. The molecule has 160 valence electrons. The van der Waals surface area contributed by atoms with Gasteiger partial charge in [-0.1, -0.05) is 19.1 Å². The van der Waals surface area contributed by atoms with Crippen LogP contribution < -0.4 is 10.6 Å². The van der Waals surface area contributed by atoms with Crippen molar-refractivity contribution in [3.63, 3.8) is 0 Å². The Kier molecular flexibility index (Phi) is 8.31. The quantitative estimate of drug-likeness (QED) is 0.540. The zero-order valence-corrected chi connectivity index (χ0v) is 17.7. The Bertz CT molecular complexity index is 688. The van der Waals surface area contributed by atoms with Gasteiger partial charge in [-0.3, -0.25) is 4.79 Å². The molecule has 2 aliphatic heterocycles. The fourth-order valence-corrected chi connectivity index (χ4v) is 3.73. The van der Waals surface area contributed by atoms with E-state index in [0.29, 0.717) is 25.3 Å². The van der Waals surface area contributed by atoms with Gasteiger partial charge in [0, 0.05) is 38.3 Å². The smallest absolute Gasteiger partial charge is 0.251 e. The molecule has 1 aromatic rings. The first-order valence-electron chi connectivity index (χ1n) is 10.8. The molecule has 1 aromatic carbocycles. The minimum atomic E-state index is -0.0304. The number of hydrogen-bond donors (Lipinski definition) is 2. The molecule has 0 aromatic heterocycles. The van der Waals surface area contributed by atoms with E-state index in [1.807, 2.05) is 31.2 Å². The second-order valence-corrected chi connectivity index (χ2v) is 7.53. The van der Waals surface area contributed by atoms with E-state index < -0.39 is 0 Å². The Morgan fingerprint density at radius 2 is 2.07 bits per heavy atom. The molecule has 2 saturated heterocycles. The molecule has 2 unspecified atom stereocenters. The van der Waals surface area contributed by atoms with Gasteiger partial charge in [-0.15, -0.1) is 0 Å². The zero-order chi connectivity index (χ0) is 20.5. The second-order valence-electron chi connectivity index (χ2n) is 7.53. The molecular formula is C22H34N4O3. The fraction of sp³-hybridized carbons (Fsp3) is 0.636. The van der Waals surface area contributed by atoms with Gasteiger partial charge in [0.15, 0.2) is 5.96 Å². The Labute approximate surface area is 173 Å². The molecule has 1 amide bonds. The van der Waals surface area contributed by atoms with Crippen molar-refractivity contribution >= 4 is 11.9 Å². The molecule has 7 heteroatoms. The van der Waals surface area contributed by atoms with Crippen molar-refractivity contribution in [1.29, 1.82) is 0 Å². The molecule has 3 rings (SSSR count). The van der Waals surface area contributed by atoms with Crippen LogP contribution in [0.3, 0.4) is 0 Å². The van der Waals surface area contributed by atoms with E-state index in [2.05, 4.69) is 22.5 Å². The Hall–Kier alpha value is -2.12. The summed E-state index contributed by atoms with van der Waals surface area (Å²) in [5.41, 5.74) is 1.70. The van der Waals surface area contributed by atoms with Crippen LogP contribution in [0.2, 0.25) is 0 Å². The Morgan fingerprint density at radius 1 is 1.21 bits per heavy atom. The van der Waals surface area contributed by atoms with Gasteiger partial charge in [-0.25, -0.2) is 4.99 Å². The van der Waals surface area contributed by atoms with Gasteiger partial charge in [0.05, 0.1) is 19.3 Å². The van der Waals surface area contributed by atoms with Gasteiger partial charge in [0.2, 0.25) is 0 Å². The summed E-state index contributed by atoms with van der Waals surface area (Å²) in [4.78, 5) is 19.3. The first-order chi connectivity index (χ1) is 14.2. The lowest BCUT2D eigenvalue weighted by atomic mass is 10.1. The van der Waals surface area contributed by atoms with Gasteiger partial charge < -0.3 is 25.0 Å². The van der Waals surface area contributed by atoms with Gasteiger partial charge in [0.1, 0.15) is 6.10 Å². The molecule has 2 atom stereocenters. The van der Waals surface area contributed by atoms with E-state index in [1.54, 1.807) is 0 Å². The van der Waals surface area contributed by atoms with Crippen molar-refractivity contribution < 1.29 is 14.3 Å². The molecule has 2 heterocycles. The molecule has 29 heavy (non-hydrogen) atoms. The average molecular weight is 403 g/mol. The highest BCUT2D eigenvalue weighted by Gasteiger charge is 2.32. The van der Waals surface area contributed by atoms with Crippen LogP contribution in [0.25, 0.3) is 0 Å². The lowest BCUT2D eigenvalue weighted by molar-refractivity contribution is -0.0817. The van der Waals surface area contributed by atoms with Crippen LogP contribution in [0, 0.1) is 0 Å². The van der Waals surface area contributed by atoms with Crippen molar-refractivity contribution in [3.8, 4) is 0 Å². The predicted molar refractivity (Wildman–Crippen MR) is 114 cm³/mol. The maximum Gasteiger partial charge on any atom is 0.251 e. The third-order valence-corrected chi connectivity index (χ3v) is 5.24. The minimum Gasteiger partial charge on any atom is -0.375 e. The number of amides is 1. The molecule has 0 aliphatic carbocycles. The highest BCUT2D eigenvalue weighted by atomic mass is 16.5. The highest BCUT2D eigenvalue weighted by Crippen LogP contribution is 2.21. The molecule has 7 nitrogen and oxygen atoms in total. The maximum atomic E-state index is 12.2. The normalized spacial score (nSPS) is 22.6. The number of carbonyl (C=O) groups excluding carboxylic acids is 1. The lowest BCUT2D eigenvalue weighted by Gasteiger charge is -2.37. The average Bonchev–Trinajstić information content (AvgIpc) is 3.30. The SMILES string of the molecule is CCCNC(=O)c1cccc(CN=C(NCC)N2CCOC(C3CCCO3)C2)c1. The zero-order valence-electron chi connectivity index (χ0n) is 17.7. The van der Waals surface area contributed by atoms with E-state index in [9.17, 15) is 4.79 Å². The van der Waals surface area contributed by atoms with Crippen molar-refractivity contribution in [2.45, 2.75) is 51.9 Å². The van der Waals surface area contributed by atoms with Crippen LogP contribution in [0.15, 0.2) is 29.3 Å². The number of nitrogens with zero attached hydrogens (tertiary/aromatic N) is 2. The van der Waals surface area contributed by atoms with Crippen LogP contribution in [-0.2, 0) is 16.0 Å². The molecule has 2 aliphatic rings. The standard InChI is InChI=1S/C22H34N4O3/c1-3-10-24-21(27)18-8-5-7-17(14-18)15-25-22(23-4-2)26-11-13-29-20(16-26)19-9-6-12-28-19/h5,7-8,14,19-20H,3-4,6,9-13,15-16H2,1-2H3,(H,23,25)(H,24,27). The summed E-state index contributed by atoms with van der Waals surface area (Å²) in [6.07, 6.45) is 3.40. The first kappa shape index (κ1) is 21.6. The number of aliphatic imine (C=N–C) groups is 1. The van der Waals surface area contributed by atoms with Crippen molar-refractivity contribution in [2.24, 2.45) is 4.99 Å². The summed E-state index contributed by atoms with van der Waals surface area (Å²) in [6, 6.07) is 7.70. The number of nitrogens with one attached hydrogen (secondary N) is 2. The maximum absolute atomic E-state index is 12.2. The van der Waals surface area contributed by atoms with E-state index in [1.165, 1.54) is 0 Å². The number of ether oxygens (including phenoxy) is 2. The van der Waals surface area contributed by atoms with Gasteiger partial charge in [-0.2, -0.15) is 0 Å². The topological polar surface area (TPSA) is 75.2 Å². The number of hydrogen-bond acceptors (Lipinski definition) is 4. The van der Waals surface area contributed by atoms with Gasteiger partial charge in [0.25, 0.3) is 5.91 Å². The molecule has 0 radical (unpaired) electrons. The molecular weight excluding hydrogens is 368 g/mol. The summed E-state index contributed by atoms with van der Waals surface area (Å²) in [7, 11) is 0. The van der Waals surface area contributed by atoms with Crippen molar-refractivity contribution in [3.05, 3.63) is 35.4 Å². The Balaban J connectivity index is 1.65. The number of rotatable bonds is 7. The number of guanidine groups is 1. The number of morpholine rings is 1. The summed E-state index contributed by atoms with van der Waals surface area (Å²) < 4.78 is 11.8. The summed E-state index contributed by atoms with van der Waals surface area (Å²) in [5.74, 6) is 0.858. The van der Waals surface area contributed by atoms with Crippen LogP contribution >= 0.6 is 0 Å². The van der Waals surface area contributed by atoms with E-state index in [0.717, 1.165) is 57.0 Å². The van der Waals surface area contributed by atoms with Crippen LogP contribution in [0.4, 0.5) is 0 Å². The molecule has 0 bridgehead atoms. The first-order valence-corrected chi connectivity index (χ1v) is 10.8. The van der Waals surface area contributed by atoms with E-state index >= 15 is 0 Å². The molecule has 2 N–H and O–H groups in total. The Morgan fingerprint density at radius 3 is 2.83 bits per heavy atom. The van der Waals surface area contributed by atoms with Gasteiger partial charge >= 0.3 is 0 Å². The van der Waals surface area contributed by atoms with Gasteiger partial charge in [-0.05, 0) is 43.9 Å². The fourth-order valence-electron chi connectivity index (χ4n) is 3.73.